The van der Waals surface area contributed by atoms with Crippen LogP contribution in [0.2, 0.25) is 0 Å². The van der Waals surface area contributed by atoms with Gasteiger partial charge in [0, 0.05) is 12.5 Å². The van der Waals surface area contributed by atoms with Gasteiger partial charge in [0.25, 0.3) is 0 Å². The Morgan fingerprint density at radius 2 is 2.20 bits per heavy atom. The summed E-state index contributed by atoms with van der Waals surface area (Å²) < 4.78 is 13.8. The van der Waals surface area contributed by atoms with E-state index in [1.54, 1.807) is 13.0 Å². The molecule has 0 saturated carbocycles. The molecule has 0 fully saturated rings. The van der Waals surface area contributed by atoms with Crippen molar-refractivity contribution in [3.63, 3.8) is 0 Å². The molecule has 2 aromatic rings. The van der Waals surface area contributed by atoms with Gasteiger partial charge in [0.1, 0.15) is 11.6 Å². The first-order valence-electron chi connectivity index (χ1n) is 6.31. The highest BCUT2D eigenvalue weighted by Crippen LogP contribution is 2.32. The Balaban J connectivity index is 2.41. The molecule has 0 amide bonds. The number of aliphatic carboxylic acids is 1. The highest BCUT2D eigenvalue weighted by atomic mass is 79.9. The van der Waals surface area contributed by atoms with E-state index in [0.29, 0.717) is 21.3 Å². The normalized spacial score (nSPS) is 14.7. The number of hydrogen-bond acceptors (Lipinski definition) is 2. The minimum Gasteiger partial charge on any atom is -0.481 e. The number of carbonyl (C=O) groups is 1. The average Bonchev–Trinajstić information content (AvgIpc) is 2.70. The highest BCUT2D eigenvalue weighted by Gasteiger charge is 2.37. The molecule has 2 rings (SSSR count). The summed E-state index contributed by atoms with van der Waals surface area (Å²) >= 11 is 3.11. The summed E-state index contributed by atoms with van der Waals surface area (Å²) in [6.07, 6.45) is 0.272. The van der Waals surface area contributed by atoms with Crippen molar-refractivity contribution in [2.24, 2.45) is 11.3 Å². The van der Waals surface area contributed by atoms with Crippen LogP contribution in [0.3, 0.4) is 0 Å². The summed E-state index contributed by atoms with van der Waals surface area (Å²) in [5.74, 6) is -0.731. The van der Waals surface area contributed by atoms with Gasteiger partial charge in [0.15, 0.2) is 0 Å². The number of aromatic amines is 1. The number of fused-ring (bicyclic) bond motifs is 1. The topological polar surface area (TPSA) is 66.0 Å². The van der Waals surface area contributed by atoms with Gasteiger partial charge in [-0.25, -0.2) is 9.37 Å². The van der Waals surface area contributed by atoms with Crippen LogP contribution in [0.25, 0.3) is 11.0 Å². The summed E-state index contributed by atoms with van der Waals surface area (Å²) in [5, 5.41) is 9.42. The number of nitrogens with one attached hydrogen (secondary N) is 1. The number of halogens is 2. The number of hydrogen-bond donors (Lipinski definition) is 2. The Bertz CT molecular complexity index is 629. The summed E-state index contributed by atoms with van der Waals surface area (Å²) in [5.41, 5.74) is 0.269. The number of rotatable bonds is 4. The van der Waals surface area contributed by atoms with Gasteiger partial charge in [0.2, 0.25) is 0 Å². The monoisotopic (exact) mass is 342 g/mol. The molecule has 108 valence electrons. The molecule has 1 aromatic heterocycles. The molecule has 6 heteroatoms. The molecular weight excluding hydrogens is 327 g/mol. The van der Waals surface area contributed by atoms with E-state index < -0.39 is 11.4 Å². The van der Waals surface area contributed by atoms with Crippen molar-refractivity contribution in [3.05, 3.63) is 28.2 Å². The van der Waals surface area contributed by atoms with Crippen molar-refractivity contribution >= 4 is 32.9 Å². The Morgan fingerprint density at radius 3 is 2.75 bits per heavy atom. The van der Waals surface area contributed by atoms with E-state index in [2.05, 4.69) is 25.9 Å². The number of benzene rings is 1. The molecule has 0 aliphatic heterocycles. The van der Waals surface area contributed by atoms with Gasteiger partial charge in [0.05, 0.1) is 20.9 Å². The summed E-state index contributed by atoms with van der Waals surface area (Å²) in [7, 11) is 0. The van der Waals surface area contributed by atoms with Crippen molar-refractivity contribution in [1.29, 1.82) is 0 Å². The van der Waals surface area contributed by atoms with Gasteiger partial charge in [-0.15, -0.1) is 0 Å². The van der Waals surface area contributed by atoms with Crippen LogP contribution in [-0.4, -0.2) is 21.0 Å². The van der Waals surface area contributed by atoms with Crippen molar-refractivity contribution in [3.8, 4) is 0 Å². The fraction of sp³-hybridized carbons (Fsp3) is 0.429. The first-order valence-corrected chi connectivity index (χ1v) is 7.10. The van der Waals surface area contributed by atoms with E-state index in [9.17, 15) is 14.3 Å². The van der Waals surface area contributed by atoms with Gasteiger partial charge in [-0.1, -0.05) is 13.8 Å². The van der Waals surface area contributed by atoms with Crippen LogP contribution in [0, 0.1) is 17.2 Å². The van der Waals surface area contributed by atoms with Crippen molar-refractivity contribution in [2.75, 3.05) is 0 Å². The van der Waals surface area contributed by atoms with Crippen molar-refractivity contribution in [1.82, 2.24) is 9.97 Å². The number of aromatic nitrogens is 2. The van der Waals surface area contributed by atoms with Gasteiger partial charge in [-0.05, 0) is 34.8 Å². The third-order valence-corrected chi connectivity index (χ3v) is 4.48. The molecule has 20 heavy (non-hydrogen) atoms. The number of H-pyrrole nitrogens is 1. The molecule has 0 aliphatic carbocycles. The second-order valence-corrected chi connectivity index (χ2v) is 6.38. The molecule has 2 N–H and O–H groups in total. The van der Waals surface area contributed by atoms with E-state index in [1.807, 2.05) is 13.8 Å². The van der Waals surface area contributed by atoms with Gasteiger partial charge in [-0.2, -0.15) is 0 Å². The van der Waals surface area contributed by atoms with Crippen LogP contribution in [0.5, 0.6) is 0 Å². The lowest BCUT2D eigenvalue weighted by Gasteiger charge is -2.27. The molecule has 0 saturated heterocycles. The Labute approximate surface area is 124 Å². The van der Waals surface area contributed by atoms with Crippen LogP contribution in [0.15, 0.2) is 16.6 Å². The molecule has 0 aliphatic rings. The third-order valence-electron chi connectivity index (χ3n) is 3.87. The number of carboxylic acid groups (broad SMARTS) is 1. The van der Waals surface area contributed by atoms with E-state index >= 15 is 0 Å². The molecule has 0 spiro atoms. The molecule has 0 radical (unpaired) electrons. The standard InChI is InChI=1S/C14H16BrFN2O2/c1-7(2)14(3,13(19)20)6-12-17-10-4-8(15)9(16)5-11(10)18-12/h4-5,7H,6H2,1-3H3,(H,17,18)(H,19,20). The first kappa shape index (κ1) is 15.0. The molecule has 1 atom stereocenters. The fourth-order valence-electron chi connectivity index (χ4n) is 2.02. The lowest BCUT2D eigenvalue weighted by molar-refractivity contribution is -0.150. The summed E-state index contributed by atoms with van der Waals surface area (Å²) in [6, 6.07) is 2.93. The fourth-order valence-corrected chi connectivity index (χ4v) is 2.35. The van der Waals surface area contributed by atoms with Crippen LogP contribution in [0.4, 0.5) is 4.39 Å². The lowest BCUT2D eigenvalue weighted by Crippen LogP contribution is -2.35. The second kappa shape index (κ2) is 5.16. The van der Waals surface area contributed by atoms with Crippen molar-refractivity contribution < 1.29 is 14.3 Å². The quantitative estimate of drug-likeness (QED) is 0.888. The first-order chi connectivity index (χ1) is 9.24. The lowest BCUT2D eigenvalue weighted by atomic mass is 9.76. The molecular formula is C14H16BrFN2O2. The minimum atomic E-state index is -0.913. The zero-order chi connectivity index (χ0) is 15.1. The van der Waals surface area contributed by atoms with E-state index in [0.717, 1.165) is 0 Å². The van der Waals surface area contributed by atoms with E-state index in [1.165, 1.54) is 6.07 Å². The van der Waals surface area contributed by atoms with Gasteiger partial charge < -0.3 is 10.1 Å². The molecule has 4 nitrogen and oxygen atoms in total. The van der Waals surface area contributed by atoms with Gasteiger partial charge in [-0.3, -0.25) is 4.79 Å². The SMILES string of the molecule is CC(C)C(C)(Cc1nc2cc(Br)c(F)cc2[nH]1)C(=O)O. The molecule has 0 bridgehead atoms. The minimum absolute atomic E-state index is 0.0447. The smallest absolute Gasteiger partial charge is 0.310 e. The Hall–Kier alpha value is -1.43. The van der Waals surface area contributed by atoms with Gasteiger partial charge >= 0.3 is 5.97 Å². The maximum absolute atomic E-state index is 13.5. The van der Waals surface area contributed by atoms with E-state index in [4.69, 9.17) is 0 Å². The molecule has 1 aromatic carbocycles. The number of nitrogens with zero attached hydrogens (tertiary/aromatic N) is 1. The summed E-state index contributed by atoms with van der Waals surface area (Å²) in [4.78, 5) is 18.8. The second-order valence-electron chi connectivity index (χ2n) is 5.52. The molecule has 1 heterocycles. The summed E-state index contributed by atoms with van der Waals surface area (Å²) in [6.45, 7) is 5.43. The predicted molar refractivity (Wildman–Crippen MR) is 78.0 cm³/mol. The van der Waals surface area contributed by atoms with E-state index in [-0.39, 0.29) is 18.2 Å². The van der Waals surface area contributed by atoms with Crippen LogP contribution < -0.4 is 0 Å². The van der Waals surface area contributed by atoms with Crippen LogP contribution in [-0.2, 0) is 11.2 Å². The highest BCUT2D eigenvalue weighted by molar-refractivity contribution is 9.10. The third kappa shape index (κ3) is 2.57. The molecule has 1 unspecified atom stereocenters. The number of carboxylic acids is 1. The zero-order valence-corrected chi connectivity index (χ0v) is 13.1. The number of imidazole rings is 1. The largest absolute Gasteiger partial charge is 0.481 e. The Kier molecular flexibility index (Phi) is 3.86. The van der Waals surface area contributed by atoms with Crippen molar-refractivity contribution in [2.45, 2.75) is 27.2 Å². The Morgan fingerprint density at radius 1 is 1.55 bits per heavy atom. The zero-order valence-electron chi connectivity index (χ0n) is 11.5. The maximum Gasteiger partial charge on any atom is 0.310 e. The average molecular weight is 343 g/mol. The van der Waals surface area contributed by atoms with Crippen LogP contribution in [0.1, 0.15) is 26.6 Å². The maximum atomic E-state index is 13.5. The predicted octanol–water partition coefficient (Wildman–Crippen LogP) is 3.75. The van der Waals surface area contributed by atoms with Crippen LogP contribution >= 0.6 is 15.9 Å².